The summed E-state index contributed by atoms with van der Waals surface area (Å²) in [7, 11) is 0. The molecule has 26 heavy (non-hydrogen) atoms. The Morgan fingerprint density at radius 3 is 2.62 bits per heavy atom. The zero-order chi connectivity index (χ0) is 18.2. The average Bonchev–Trinajstić information content (AvgIpc) is 3.07. The maximum absolute atomic E-state index is 11.8. The Morgan fingerprint density at radius 2 is 1.92 bits per heavy atom. The van der Waals surface area contributed by atoms with Crippen LogP contribution in [0.3, 0.4) is 0 Å². The van der Waals surface area contributed by atoms with Crippen LogP contribution in [0, 0.1) is 6.92 Å². The number of carbonyl (C=O) groups excluding carboxylic acids is 1. The molecule has 6 nitrogen and oxygen atoms in total. The number of benzene rings is 1. The molecule has 1 aromatic heterocycles. The molecular weight excluding hydrogens is 346 g/mol. The van der Waals surface area contributed by atoms with E-state index in [0.717, 1.165) is 51.3 Å². The van der Waals surface area contributed by atoms with Crippen LogP contribution in [0.4, 0.5) is 15.6 Å². The summed E-state index contributed by atoms with van der Waals surface area (Å²) in [5.74, 6) is 0. The summed E-state index contributed by atoms with van der Waals surface area (Å²) in [5, 5.41) is 8.23. The molecular formula is C19H27N5OS. The van der Waals surface area contributed by atoms with Gasteiger partial charge >= 0.3 is 6.03 Å². The lowest BCUT2D eigenvalue weighted by Crippen LogP contribution is -2.46. The summed E-state index contributed by atoms with van der Waals surface area (Å²) >= 11 is 1.45. The number of rotatable bonds is 7. The van der Waals surface area contributed by atoms with Crippen LogP contribution in [0.1, 0.15) is 18.5 Å². The normalized spacial score (nSPS) is 15.0. The summed E-state index contributed by atoms with van der Waals surface area (Å²) in [6, 6.07) is 10.4. The number of anilines is 2. The van der Waals surface area contributed by atoms with E-state index in [-0.39, 0.29) is 6.03 Å². The summed E-state index contributed by atoms with van der Waals surface area (Å²) in [5.41, 5.74) is 2.25. The number of piperazine rings is 1. The Kier molecular flexibility index (Phi) is 6.85. The van der Waals surface area contributed by atoms with Crippen molar-refractivity contribution in [2.45, 2.75) is 19.8 Å². The predicted octanol–water partition coefficient (Wildman–Crippen LogP) is 3.18. The molecule has 0 radical (unpaired) electrons. The fourth-order valence-corrected chi connectivity index (χ4v) is 3.77. The summed E-state index contributed by atoms with van der Waals surface area (Å²) in [6.45, 7) is 8.07. The molecule has 3 rings (SSSR count). The van der Waals surface area contributed by atoms with Gasteiger partial charge in [-0.05, 0) is 38.4 Å². The van der Waals surface area contributed by atoms with Crippen LogP contribution < -0.4 is 15.5 Å². The first-order chi connectivity index (χ1) is 12.7. The fraction of sp³-hybridized carbons (Fsp3) is 0.474. The molecule has 140 valence electrons. The number of amides is 2. The van der Waals surface area contributed by atoms with E-state index >= 15 is 0 Å². The van der Waals surface area contributed by atoms with Gasteiger partial charge in [0.15, 0.2) is 5.13 Å². The maximum Gasteiger partial charge on any atom is 0.321 e. The number of aryl methyl sites for hydroxylation is 1. The number of thiazole rings is 1. The number of para-hydroxylation sites is 1. The van der Waals surface area contributed by atoms with Crippen LogP contribution in [0.2, 0.25) is 0 Å². The van der Waals surface area contributed by atoms with Crippen LogP contribution in [-0.2, 0) is 0 Å². The molecule has 0 saturated carbocycles. The lowest BCUT2D eigenvalue weighted by Gasteiger charge is -2.36. The van der Waals surface area contributed by atoms with Crippen LogP contribution in [0.15, 0.2) is 35.7 Å². The van der Waals surface area contributed by atoms with E-state index in [4.69, 9.17) is 0 Å². The topological polar surface area (TPSA) is 60.5 Å². The maximum atomic E-state index is 11.8. The highest BCUT2D eigenvalue weighted by atomic mass is 32.1. The largest absolute Gasteiger partial charge is 0.369 e. The van der Waals surface area contributed by atoms with Crippen molar-refractivity contribution in [1.82, 2.24) is 15.2 Å². The van der Waals surface area contributed by atoms with E-state index in [1.165, 1.54) is 17.0 Å². The van der Waals surface area contributed by atoms with Crippen molar-refractivity contribution in [3.8, 4) is 0 Å². The van der Waals surface area contributed by atoms with E-state index < -0.39 is 0 Å². The Bertz CT molecular complexity index is 682. The number of urea groups is 1. The number of carbonyl (C=O) groups is 1. The summed E-state index contributed by atoms with van der Waals surface area (Å²) in [6.07, 6.45) is 2.09. The van der Waals surface area contributed by atoms with Gasteiger partial charge in [-0.2, -0.15) is 0 Å². The lowest BCUT2D eigenvalue weighted by atomic mass is 10.2. The standard InChI is InChI=1S/C19H27N5OS/c1-16-15-26-19(21-16)22-18(25)20-9-5-6-10-23-11-13-24(14-12-23)17-7-3-2-4-8-17/h2-4,7-8,15H,5-6,9-14H2,1H3,(H2,20,21,22,25). The summed E-state index contributed by atoms with van der Waals surface area (Å²) in [4.78, 5) is 21.0. The van der Waals surface area contributed by atoms with Gasteiger partial charge < -0.3 is 10.2 Å². The van der Waals surface area contributed by atoms with E-state index in [1.807, 2.05) is 12.3 Å². The van der Waals surface area contributed by atoms with Crippen LogP contribution in [-0.4, -0.2) is 55.2 Å². The first-order valence-electron chi connectivity index (χ1n) is 9.20. The predicted molar refractivity (Wildman–Crippen MR) is 108 cm³/mol. The van der Waals surface area contributed by atoms with Gasteiger partial charge in [0.05, 0.1) is 5.69 Å². The molecule has 1 aliphatic heterocycles. The highest BCUT2D eigenvalue weighted by Gasteiger charge is 2.16. The molecule has 2 heterocycles. The molecule has 1 saturated heterocycles. The van der Waals surface area contributed by atoms with Crippen molar-refractivity contribution in [1.29, 1.82) is 0 Å². The van der Waals surface area contributed by atoms with Crippen LogP contribution >= 0.6 is 11.3 Å². The molecule has 0 spiro atoms. The SMILES string of the molecule is Cc1csc(NC(=O)NCCCCN2CCN(c3ccccc3)CC2)n1. The number of unbranched alkanes of at least 4 members (excludes halogenated alkanes) is 1. The number of hydrogen-bond acceptors (Lipinski definition) is 5. The molecule has 0 aliphatic carbocycles. The molecule has 7 heteroatoms. The first kappa shape index (κ1) is 18.7. The smallest absolute Gasteiger partial charge is 0.321 e. The Hall–Kier alpha value is -2.12. The zero-order valence-corrected chi connectivity index (χ0v) is 16.1. The molecule has 1 aliphatic rings. The minimum atomic E-state index is -0.171. The summed E-state index contributed by atoms with van der Waals surface area (Å²) < 4.78 is 0. The van der Waals surface area contributed by atoms with Crippen LogP contribution in [0.5, 0.6) is 0 Å². The molecule has 1 fully saturated rings. The van der Waals surface area contributed by atoms with Gasteiger partial charge in [0.1, 0.15) is 0 Å². The number of hydrogen-bond donors (Lipinski definition) is 2. The molecule has 2 aromatic rings. The molecule has 1 aromatic carbocycles. The quantitative estimate of drug-likeness (QED) is 0.732. The van der Waals surface area contributed by atoms with Gasteiger partial charge in [-0.3, -0.25) is 10.2 Å². The molecule has 0 bridgehead atoms. The van der Waals surface area contributed by atoms with Gasteiger partial charge in [0.25, 0.3) is 0 Å². The number of nitrogens with zero attached hydrogens (tertiary/aromatic N) is 3. The first-order valence-corrected chi connectivity index (χ1v) is 10.1. The van der Waals surface area contributed by atoms with Crippen molar-refractivity contribution in [2.75, 3.05) is 49.5 Å². The second-order valence-electron chi connectivity index (χ2n) is 6.55. The van der Waals surface area contributed by atoms with Crippen molar-refractivity contribution in [2.24, 2.45) is 0 Å². The van der Waals surface area contributed by atoms with Gasteiger partial charge in [-0.1, -0.05) is 18.2 Å². The minimum absolute atomic E-state index is 0.171. The second-order valence-corrected chi connectivity index (χ2v) is 7.40. The van der Waals surface area contributed by atoms with E-state index in [0.29, 0.717) is 11.7 Å². The minimum Gasteiger partial charge on any atom is -0.369 e. The van der Waals surface area contributed by atoms with Gasteiger partial charge in [0.2, 0.25) is 0 Å². The monoisotopic (exact) mass is 373 g/mol. The van der Waals surface area contributed by atoms with E-state index in [2.05, 4.69) is 55.7 Å². The van der Waals surface area contributed by atoms with Crippen molar-refractivity contribution >= 4 is 28.2 Å². The van der Waals surface area contributed by atoms with E-state index in [1.54, 1.807) is 0 Å². The van der Waals surface area contributed by atoms with Crippen molar-refractivity contribution in [3.05, 3.63) is 41.4 Å². The molecule has 2 N–H and O–H groups in total. The highest BCUT2D eigenvalue weighted by Crippen LogP contribution is 2.16. The zero-order valence-electron chi connectivity index (χ0n) is 15.3. The van der Waals surface area contributed by atoms with Crippen molar-refractivity contribution in [3.63, 3.8) is 0 Å². The average molecular weight is 374 g/mol. The second kappa shape index (κ2) is 9.54. The van der Waals surface area contributed by atoms with Gasteiger partial charge in [0, 0.05) is 43.8 Å². The Balaban J connectivity index is 1.25. The fourth-order valence-electron chi connectivity index (χ4n) is 3.08. The highest BCUT2D eigenvalue weighted by molar-refractivity contribution is 7.13. The third kappa shape index (κ3) is 5.71. The molecule has 0 atom stereocenters. The molecule has 2 amide bonds. The van der Waals surface area contributed by atoms with Gasteiger partial charge in [-0.15, -0.1) is 11.3 Å². The Morgan fingerprint density at radius 1 is 1.15 bits per heavy atom. The van der Waals surface area contributed by atoms with E-state index in [9.17, 15) is 4.79 Å². The number of aromatic nitrogens is 1. The Labute approximate surface area is 159 Å². The van der Waals surface area contributed by atoms with Crippen molar-refractivity contribution < 1.29 is 4.79 Å². The van der Waals surface area contributed by atoms with Gasteiger partial charge in [-0.25, -0.2) is 9.78 Å². The number of nitrogens with one attached hydrogen (secondary N) is 2. The van der Waals surface area contributed by atoms with Crippen LogP contribution in [0.25, 0.3) is 0 Å². The third-order valence-corrected chi connectivity index (χ3v) is 5.40. The third-order valence-electron chi connectivity index (χ3n) is 4.52. The molecule has 0 unspecified atom stereocenters. The lowest BCUT2D eigenvalue weighted by molar-refractivity contribution is 0.247.